The molecule has 8 nitrogen and oxygen atoms in total. The summed E-state index contributed by atoms with van der Waals surface area (Å²) in [5.74, 6) is 0.0414. The number of anilines is 1. The van der Waals surface area contributed by atoms with E-state index in [9.17, 15) is 18.3 Å². The zero-order valence-electron chi connectivity index (χ0n) is 24.6. The maximum atomic E-state index is 13.5. The van der Waals surface area contributed by atoms with Gasteiger partial charge in [-0.3, -0.25) is 4.79 Å². The van der Waals surface area contributed by atoms with E-state index in [4.69, 9.17) is 5.73 Å². The van der Waals surface area contributed by atoms with Gasteiger partial charge in [0.05, 0.1) is 17.5 Å². The highest BCUT2D eigenvalue weighted by Crippen LogP contribution is 2.23. The molecule has 3 rings (SSSR count). The van der Waals surface area contributed by atoms with Crippen molar-refractivity contribution in [2.75, 3.05) is 32.0 Å². The van der Waals surface area contributed by atoms with Crippen LogP contribution < -0.4 is 16.4 Å². The molecule has 0 heterocycles. The minimum atomic E-state index is -3.80. The van der Waals surface area contributed by atoms with Crippen molar-refractivity contribution < 1.29 is 18.3 Å². The van der Waals surface area contributed by atoms with Crippen LogP contribution >= 0.6 is 0 Å². The summed E-state index contributed by atoms with van der Waals surface area (Å²) in [5, 5.41) is 18.9. The Morgan fingerprint density at radius 2 is 1.68 bits per heavy atom. The van der Waals surface area contributed by atoms with Crippen LogP contribution in [0.15, 0.2) is 71.6 Å². The molecule has 0 aliphatic heterocycles. The number of carbonyl (C=O) groups excluding carboxylic acids is 1. The van der Waals surface area contributed by atoms with Crippen molar-refractivity contribution in [3.05, 3.63) is 72.3 Å². The average molecular weight is 583 g/mol. The van der Waals surface area contributed by atoms with Crippen LogP contribution in [0, 0.1) is 5.92 Å². The van der Waals surface area contributed by atoms with E-state index in [0.29, 0.717) is 44.5 Å². The molecule has 0 bridgehead atoms. The van der Waals surface area contributed by atoms with Gasteiger partial charge < -0.3 is 21.5 Å². The number of hydrogen-bond acceptors (Lipinski definition) is 6. The van der Waals surface area contributed by atoms with Crippen molar-refractivity contribution >= 4 is 32.4 Å². The molecule has 5 N–H and O–H groups in total. The molecule has 0 aliphatic rings. The number of nitrogens with one attached hydrogen (secondary N) is 2. The highest BCUT2D eigenvalue weighted by Gasteiger charge is 2.31. The maximum absolute atomic E-state index is 13.5. The zero-order chi connectivity index (χ0) is 29.8. The Balaban J connectivity index is 1.57. The van der Waals surface area contributed by atoms with Crippen molar-refractivity contribution in [1.82, 2.24) is 14.9 Å². The second kappa shape index (κ2) is 15.9. The van der Waals surface area contributed by atoms with Crippen molar-refractivity contribution in [2.45, 2.75) is 69.9 Å². The van der Waals surface area contributed by atoms with Crippen LogP contribution in [0.1, 0.15) is 52.0 Å². The van der Waals surface area contributed by atoms with E-state index >= 15 is 0 Å². The van der Waals surface area contributed by atoms with E-state index < -0.39 is 16.1 Å². The van der Waals surface area contributed by atoms with Crippen LogP contribution in [-0.2, 0) is 21.2 Å². The number of sulfonamides is 1. The first-order valence-electron chi connectivity index (χ1n) is 14.6. The lowest BCUT2D eigenvalue weighted by molar-refractivity contribution is -0.123. The molecular formula is C32H46N4O4S. The molecule has 0 aromatic heterocycles. The Kier molecular flexibility index (Phi) is 12.6. The van der Waals surface area contributed by atoms with Gasteiger partial charge in [0.15, 0.2) is 0 Å². The number of benzene rings is 3. The Bertz CT molecular complexity index is 1350. The first-order chi connectivity index (χ1) is 19.6. The molecule has 0 aliphatic carbocycles. The number of hydrogen-bond donors (Lipinski definition) is 4. The molecule has 0 saturated heterocycles. The van der Waals surface area contributed by atoms with Crippen molar-refractivity contribution in [1.29, 1.82) is 0 Å². The summed E-state index contributed by atoms with van der Waals surface area (Å²) in [6.07, 6.45) is 3.35. The van der Waals surface area contributed by atoms with Gasteiger partial charge in [-0.15, -0.1) is 0 Å². The molecule has 1 amide bonds. The molecule has 224 valence electrons. The first-order valence-corrected chi connectivity index (χ1v) is 16.1. The third kappa shape index (κ3) is 9.53. The Morgan fingerprint density at radius 1 is 0.976 bits per heavy atom. The molecule has 0 saturated carbocycles. The monoisotopic (exact) mass is 582 g/mol. The summed E-state index contributed by atoms with van der Waals surface area (Å²) in [6, 6.07) is 19.7. The molecule has 0 fully saturated rings. The van der Waals surface area contributed by atoms with Crippen LogP contribution in [0.3, 0.4) is 0 Å². The normalized spacial score (nSPS) is 13.5. The van der Waals surface area contributed by atoms with Crippen molar-refractivity contribution in [3.63, 3.8) is 0 Å². The molecule has 2 atom stereocenters. The van der Waals surface area contributed by atoms with Gasteiger partial charge in [-0.2, -0.15) is 4.31 Å². The summed E-state index contributed by atoms with van der Waals surface area (Å²) in [5.41, 5.74) is 7.34. The maximum Gasteiger partial charge on any atom is 0.243 e. The van der Waals surface area contributed by atoms with Gasteiger partial charge in [0.25, 0.3) is 0 Å². The second-order valence-electron chi connectivity index (χ2n) is 11.1. The number of unbranched alkanes of at least 4 members (excludes halogenated alkanes) is 1. The summed E-state index contributed by atoms with van der Waals surface area (Å²) in [7, 11) is -3.80. The number of aliphatic hydroxyl groups is 1. The summed E-state index contributed by atoms with van der Waals surface area (Å²) >= 11 is 0. The average Bonchev–Trinajstić information content (AvgIpc) is 2.96. The smallest absolute Gasteiger partial charge is 0.243 e. The lowest BCUT2D eigenvalue weighted by Crippen LogP contribution is -2.46. The number of carbonyl (C=O) groups is 1. The van der Waals surface area contributed by atoms with E-state index in [-0.39, 0.29) is 29.4 Å². The van der Waals surface area contributed by atoms with E-state index in [1.807, 2.05) is 26.0 Å². The van der Waals surface area contributed by atoms with E-state index in [0.717, 1.165) is 23.9 Å². The first kappa shape index (κ1) is 32.5. The van der Waals surface area contributed by atoms with Crippen molar-refractivity contribution in [3.8, 4) is 0 Å². The minimum Gasteiger partial charge on any atom is -0.399 e. The van der Waals surface area contributed by atoms with Gasteiger partial charge in [-0.25, -0.2) is 8.42 Å². The highest BCUT2D eigenvalue weighted by molar-refractivity contribution is 7.89. The van der Waals surface area contributed by atoms with Crippen LogP contribution in [0.25, 0.3) is 10.8 Å². The van der Waals surface area contributed by atoms with Crippen LogP contribution in [0.2, 0.25) is 0 Å². The summed E-state index contributed by atoms with van der Waals surface area (Å²) < 4.78 is 28.3. The summed E-state index contributed by atoms with van der Waals surface area (Å²) in [4.78, 5) is 13.3. The zero-order valence-corrected chi connectivity index (χ0v) is 25.4. The number of aliphatic hydroxyl groups excluding tert-OH is 1. The standard InChI is InChI=1S/C32H46N4O4S/c1-4-18-34-31(21-25-12-13-26-9-5-6-10-27(26)20-25)32(38)35-19-8-7-11-29(23-37)36(22-24(2)3)41(39,40)30-16-14-28(33)15-17-30/h5-6,9-10,12-17,20,24,29,31,34,37H,4,7-8,11,18-19,21-23,33H2,1-3H3,(H,35,38)/t29-,31-/m0/s1. The fourth-order valence-electron chi connectivity index (χ4n) is 4.92. The lowest BCUT2D eigenvalue weighted by Gasteiger charge is -2.31. The fourth-order valence-corrected chi connectivity index (χ4v) is 6.73. The number of fused-ring (bicyclic) bond motifs is 1. The molecule has 0 radical (unpaired) electrons. The van der Waals surface area contributed by atoms with E-state index in [1.54, 1.807) is 12.1 Å². The third-order valence-electron chi connectivity index (χ3n) is 7.12. The Morgan fingerprint density at radius 3 is 2.34 bits per heavy atom. The van der Waals surface area contributed by atoms with Crippen LogP contribution in [0.4, 0.5) is 5.69 Å². The highest BCUT2D eigenvalue weighted by atomic mass is 32.2. The molecule has 3 aromatic carbocycles. The van der Waals surface area contributed by atoms with Gasteiger partial charge in [-0.1, -0.05) is 69.7 Å². The number of rotatable bonds is 17. The van der Waals surface area contributed by atoms with E-state index in [2.05, 4.69) is 47.9 Å². The predicted octanol–water partition coefficient (Wildman–Crippen LogP) is 4.33. The minimum absolute atomic E-state index is 0.0438. The molecule has 0 unspecified atom stereocenters. The lowest BCUT2D eigenvalue weighted by atomic mass is 10.0. The van der Waals surface area contributed by atoms with Gasteiger partial charge in [0, 0.05) is 24.8 Å². The summed E-state index contributed by atoms with van der Waals surface area (Å²) in [6.45, 7) is 7.24. The molecular weight excluding hydrogens is 536 g/mol. The molecule has 0 spiro atoms. The number of nitrogens with two attached hydrogens (primary N) is 1. The van der Waals surface area contributed by atoms with Gasteiger partial charge >= 0.3 is 0 Å². The fraction of sp³-hybridized carbons (Fsp3) is 0.469. The number of nitrogen functional groups attached to an aromatic ring is 1. The SMILES string of the molecule is CCCN[C@@H](Cc1ccc2ccccc2c1)C(=O)NCCCC[C@@H](CO)N(CC(C)C)S(=O)(=O)c1ccc(N)cc1. The third-order valence-corrected chi connectivity index (χ3v) is 9.06. The van der Waals surface area contributed by atoms with Crippen molar-refractivity contribution in [2.24, 2.45) is 5.92 Å². The number of nitrogens with zero attached hydrogens (tertiary/aromatic N) is 1. The van der Waals surface area contributed by atoms with Gasteiger partial charge in [0.2, 0.25) is 15.9 Å². The predicted molar refractivity (Wildman–Crippen MR) is 167 cm³/mol. The molecule has 3 aromatic rings. The molecule has 9 heteroatoms. The Hall–Kier alpha value is -2.98. The van der Waals surface area contributed by atoms with Crippen LogP contribution in [0.5, 0.6) is 0 Å². The quantitative estimate of drug-likeness (QED) is 0.139. The second-order valence-corrected chi connectivity index (χ2v) is 12.9. The van der Waals surface area contributed by atoms with E-state index in [1.165, 1.54) is 21.8 Å². The largest absolute Gasteiger partial charge is 0.399 e. The Labute approximate surface area is 245 Å². The number of amides is 1. The van der Waals surface area contributed by atoms with Crippen LogP contribution in [-0.4, -0.2) is 62.1 Å². The van der Waals surface area contributed by atoms with Gasteiger partial charge in [0.1, 0.15) is 0 Å². The van der Waals surface area contributed by atoms with Gasteiger partial charge in [-0.05, 0) is 78.7 Å². The molecule has 41 heavy (non-hydrogen) atoms. The topological polar surface area (TPSA) is 125 Å².